The Hall–Kier alpha value is -1.80. The molecule has 1 saturated heterocycles. The largest absolute Gasteiger partial charge is 0.379 e. The molecule has 2 atom stereocenters. The quantitative estimate of drug-likeness (QED) is 0.779. The van der Waals surface area contributed by atoms with Gasteiger partial charge in [0.1, 0.15) is 12.2 Å². The minimum Gasteiger partial charge on any atom is -0.379 e. The molecule has 126 valence electrons. The van der Waals surface area contributed by atoms with Crippen LogP contribution >= 0.6 is 0 Å². The first-order chi connectivity index (χ1) is 11.1. The minimum atomic E-state index is 0.133. The standard InChI is InChI=1S/C15H25N7O/c1-11(2)5-22-15(16-10-17-22)9-21-6-12(14(8-21)23-4)13-7-20(3)19-18-13/h7,10-12,14H,5-6,8-9H2,1-4H3/t12-,14+/m0/s1. The van der Waals surface area contributed by atoms with Gasteiger partial charge in [0.15, 0.2) is 0 Å². The number of methoxy groups -OCH3 is 1. The Kier molecular flexibility index (Phi) is 4.72. The summed E-state index contributed by atoms with van der Waals surface area (Å²) in [5.41, 5.74) is 0.991. The number of aryl methyl sites for hydroxylation is 1. The molecular formula is C15H25N7O. The molecule has 0 spiro atoms. The van der Waals surface area contributed by atoms with Crippen molar-refractivity contribution in [2.45, 2.75) is 39.0 Å². The lowest BCUT2D eigenvalue weighted by atomic mass is 10.0. The number of ether oxygens (including phenoxy) is 1. The summed E-state index contributed by atoms with van der Waals surface area (Å²) in [6.07, 6.45) is 3.75. The molecule has 3 rings (SSSR count). The van der Waals surface area contributed by atoms with Gasteiger partial charge in [0.25, 0.3) is 0 Å². The molecule has 0 bridgehead atoms. The Morgan fingerprint density at radius 1 is 1.35 bits per heavy atom. The van der Waals surface area contributed by atoms with Gasteiger partial charge in [0.05, 0.1) is 18.3 Å². The van der Waals surface area contributed by atoms with E-state index in [0.717, 1.165) is 37.7 Å². The second-order valence-electron chi connectivity index (χ2n) is 6.64. The molecule has 0 saturated carbocycles. The second kappa shape index (κ2) is 6.76. The van der Waals surface area contributed by atoms with Crippen molar-refractivity contribution in [1.29, 1.82) is 0 Å². The monoisotopic (exact) mass is 319 g/mol. The highest BCUT2D eigenvalue weighted by atomic mass is 16.5. The van der Waals surface area contributed by atoms with E-state index < -0.39 is 0 Å². The van der Waals surface area contributed by atoms with Crippen LogP contribution in [0.4, 0.5) is 0 Å². The average Bonchev–Trinajstić information content (AvgIpc) is 3.20. The smallest absolute Gasteiger partial charge is 0.141 e. The molecule has 0 aromatic carbocycles. The van der Waals surface area contributed by atoms with Crippen LogP contribution in [-0.2, 0) is 24.9 Å². The van der Waals surface area contributed by atoms with Gasteiger partial charge in [-0.1, -0.05) is 19.1 Å². The number of likely N-dealkylation sites (tertiary alicyclic amines) is 1. The van der Waals surface area contributed by atoms with Crippen molar-refractivity contribution in [2.24, 2.45) is 13.0 Å². The van der Waals surface area contributed by atoms with Crippen molar-refractivity contribution in [1.82, 2.24) is 34.7 Å². The van der Waals surface area contributed by atoms with Crippen LogP contribution in [-0.4, -0.2) is 61.0 Å². The highest BCUT2D eigenvalue weighted by molar-refractivity contribution is 5.10. The first-order valence-electron chi connectivity index (χ1n) is 8.05. The van der Waals surface area contributed by atoms with E-state index in [-0.39, 0.29) is 12.0 Å². The lowest BCUT2D eigenvalue weighted by molar-refractivity contribution is 0.0953. The van der Waals surface area contributed by atoms with Crippen LogP contribution in [0.3, 0.4) is 0 Å². The predicted molar refractivity (Wildman–Crippen MR) is 84.7 cm³/mol. The van der Waals surface area contributed by atoms with Gasteiger partial charge >= 0.3 is 0 Å². The molecule has 0 aliphatic carbocycles. The van der Waals surface area contributed by atoms with Crippen molar-refractivity contribution >= 4 is 0 Å². The van der Waals surface area contributed by atoms with Gasteiger partial charge in [-0.3, -0.25) is 9.58 Å². The van der Waals surface area contributed by atoms with Gasteiger partial charge in [-0.05, 0) is 5.92 Å². The minimum absolute atomic E-state index is 0.133. The zero-order valence-electron chi connectivity index (χ0n) is 14.3. The summed E-state index contributed by atoms with van der Waals surface area (Å²) in [7, 11) is 3.65. The Morgan fingerprint density at radius 2 is 2.17 bits per heavy atom. The SMILES string of the molecule is CO[C@@H]1CN(Cc2ncnn2CC(C)C)C[C@H]1c1cn(C)nn1. The highest BCUT2D eigenvalue weighted by Gasteiger charge is 2.36. The third-order valence-electron chi connectivity index (χ3n) is 4.24. The molecule has 8 heteroatoms. The van der Waals surface area contributed by atoms with E-state index in [1.54, 1.807) is 18.1 Å². The number of rotatable bonds is 6. The molecule has 0 radical (unpaired) electrons. The zero-order chi connectivity index (χ0) is 16.4. The topological polar surface area (TPSA) is 73.9 Å². The van der Waals surface area contributed by atoms with Crippen molar-refractivity contribution in [2.75, 3.05) is 20.2 Å². The molecule has 1 aliphatic rings. The van der Waals surface area contributed by atoms with Crippen LogP contribution in [0.1, 0.15) is 31.3 Å². The normalized spacial score (nSPS) is 22.3. The van der Waals surface area contributed by atoms with Crippen molar-refractivity contribution in [3.8, 4) is 0 Å². The van der Waals surface area contributed by atoms with Crippen LogP contribution in [0.5, 0.6) is 0 Å². The van der Waals surface area contributed by atoms with E-state index >= 15 is 0 Å². The fourth-order valence-electron chi connectivity index (χ4n) is 3.15. The number of hydrogen-bond acceptors (Lipinski definition) is 6. The Morgan fingerprint density at radius 3 is 2.83 bits per heavy atom. The van der Waals surface area contributed by atoms with Crippen molar-refractivity contribution < 1.29 is 4.74 Å². The van der Waals surface area contributed by atoms with Crippen LogP contribution in [0.25, 0.3) is 0 Å². The summed E-state index contributed by atoms with van der Waals surface area (Å²) in [5, 5.41) is 12.6. The third-order valence-corrected chi connectivity index (χ3v) is 4.24. The van der Waals surface area contributed by atoms with Crippen molar-refractivity contribution in [3.05, 3.63) is 24.0 Å². The molecular weight excluding hydrogens is 294 g/mol. The van der Waals surface area contributed by atoms with E-state index in [1.165, 1.54) is 0 Å². The fraction of sp³-hybridized carbons (Fsp3) is 0.733. The maximum atomic E-state index is 5.67. The molecule has 0 amide bonds. The van der Waals surface area contributed by atoms with E-state index in [4.69, 9.17) is 4.74 Å². The van der Waals surface area contributed by atoms with E-state index in [2.05, 4.69) is 39.1 Å². The number of nitrogens with zero attached hydrogens (tertiary/aromatic N) is 7. The van der Waals surface area contributed by atoms with Gasteiger partial charge in [0, 0.05) is 45.9 Å². The maximum absolute atomic E-state index is 5.67. The summed E-state index contributed by atoms with van der Waals surface area (Å²) in [5.74, 6) is 1.80. The molecule has 8 nitrogen and oxygen atoms in total. The first kappa shape index (κ1) is 16.1. The molecule has 0 unspecified atom stereocenters. The maximum Gasteiger partial charge on any atom is 0.141 e. The summed E-state index contributed by atoms with van der Waals surface area (Å²) in [6.45, 7) is 7.81. The first-order valence-corrected chi connectivity index (χ1v) is 8.05. The highest BCUT2D eigenvalue weighted by Crippen LogP contribution is 2.28. The zero-order valence-corrected chi connectivity index (χ0v) is 14.3. The predicted octanol–water partition coefficient (Wildman–Crippen LogP) is 0.677. The van der Waals surface area contributed by atoms with Crippen LogP contribution in [0.2, 0.25) is 0 Å². The van der Waals surface area contributed by atoms with Crippen LogP contribution in [0.15, 0.2) is 12.5 Å². The van der Waals surface area contributed by atoms with E-state index in [0.29, 0.717) is 5.92 Å². The molecule has 23 heavy (non-hydrogen) atoms. The Labute approximate surface area is 136 Å². The van der Waals surface area contributed by atoms with Gasteiger partial charge in [-0.15, -0.1) is 5.10 Å². The lowest BCUT2D eigenvalue weighted by Gasteiger charge is -2.16. The molecule has 2 aromatic heterocycles. The molecule has 2 aromatic rings. The summed E-state index contributed by atoms with van der Waals surface area (Å²) in [4.78, 5) is 6.78. The average molecular weight is 319 g/mol. The summed E-state index contributed by atoms with van der Waals surface area (Å²) >= 11 is 0. The fourth-order valence-corrected chi connectivity index (χ4v) is 3.15. The molecule has 1 aliphatic heterocycles. The number of aromatic nitrogens is 6. The molecule has 0 N–H and O–H groups in total. The Bertz CT molecular complexity index is 635. The molecule has 3 heterocycles. The lowest BCUT2D eigenvalue weighted by Crippen LogP contribution is -2.25. The summed E-state index contributed by atoms with van der Waals surface area (Å²) < 4.78 is 9.41. The van der Waals surface area contributed by atoms with Gasteiger partial charge in [-0.25, -0.2) is 9.67 Å². The Balaban J connectivity index is 1.69. The summed E-state index contributed by atoms with van der Waals surface area (Å²) in [6, 6.07) is 0. The second-order valence-corrected chi connectivity index (χ2v) is 6.64. The van der Waals surface area contributed by atoms with E-state index in [1.807, 2.05) is 17.9 Å². The van der Waals surface area contributed by atoms with Gasteiger partial charge in [-0.2, -0.15) is 5.10 Å². The van der Waals surface area contributed by atoms with Crippen LogP contribution in [0, 0.1) is 5.92 Å². The molecule has 1 fully saturated rings. The van der Waals surface area contributed by atoms with Crippen molar-refractivity contribution in [3.63, 3.8) is 0 Å². The van der Waals surface area contributed by atoms with Crippen LogP contribution < -0.4 is 0 Å². The van der Waals surface area contributed by atoms with E-state index in [9.17, 15) is 0 Å². The van der Waals surface area contributed by atoms with Gasteiger partial charge in [0.2, 0.25) is 0 Å². The van der Waals surface area contributed by atoms with Gasteiger partial charge < -0.3 is 4.74 Å². The number of hydrogen-bond donors (Lipinski definition) is 0. The third kappa shape index (κ3) is 3.59.